The summed E-state index contributed by atoms with van der Waals surface area (Å²) >= 11 is 10.3. The molecule has 0 saturated heterocycles. The number of phenolic OH excluding ortho intramolecular Hbond substituents is 1. The van der Waals surface area contributed by atoms with Crippen LogP contribution in [-0.4, -0.2) is 10.9 Å². The van der Waals surface area contributed by atoms with Gasteiger partial charge in [0.1, 0.15) is 17.1 Å². The first-order valence-electron chi connectivity index (χ1n) is 9.37. The standard InChI is InChI=1S/C22H19ClI2O3/c23-14-6-7-15-18(11-14)28-19(8-12-4-2-1-3-5-12)20(15)21(26)13-9-16(24)22(27)17(25)10-13/h6-7,9-12,27H,1-5,8H2. The van der Waals surface area contributed by atoms with Crippen LogP contribution in [0.2, 0.25) is 5.02 Å². The molecule has 4 rings (SSSR count). The van der Waals surface area contributed by atoms with Crippen LogP contribution >= 0.6 is 56.8 Å². The van der Waals surface area contributed by atoms with E-state index in [1.165, 1.54) is 32.1 Å². The van der Waals surface area contributed by atoms with Crippen molar-refractivity contribution >= 4 is 73.5 Å². The fourth-order valence-corrected chi connectivity index (χ4v) is 5.94. The molecule has 2 aromatic carbocycles. The highest BCUT2D eigenvalue weighted by Crippen LogP contribution is 2.36. The molecule has 0 radical (unpaired) electrons. The third kappa shape index (κ3) is 4.07. The second kappa shape index (κ2) is 8.52. The summed E-state index contributed by atoms with van der Waals surface area (Å²) in [7, 11) is 0. The molecule has 1 N–H and O–H groups in total. The van der Waals surface area contributed by atoms with Gasteiger partial charge >= 0.3 is 0 Å². The Balaban J connectivity index is 1.81. The van der Waals surface area contributed by atoms with Crippen molar-refractivity contribution in [1.82, 2.24) is 0 Å². The Bertz CT molecular complexity index is 1030. The number of hydrogen-bond acceptors (Lipinski definition) is 3. The van der Waals surface area contributed by atoms with Crippen molar-refractivity contribution in [3.63, 3.8) is 0 Å². The molecule has 1 aromatic heterocycles. The maximum atomic E-state index is 13.5. The van der Waals surface area contributed by atoms with Crippen LogP contribution in [-0.2, 0) is 6.42 Å². The summed E-state index contributed by atoms with van der Waals surface area (Å²) in [5.74, 6) is 1.45. The van der Waals surface area contributed by atoms with Crippen LogP contribution < -0.4 is 0 Å². The molecule has 6 heteroatoms. The molecule has 146 valence electrons. The Kier molecular flexibility index (Phi) is 6.23. The molecule has 28 heavy (non-hydrogen) atoms. The van der Waals surface area contributed by atoms with E-state index in [9.17, 15) is 9.90 Å². The first-order chi connectivity index (χ1) is 13.4. The molecular weight excluding hydrogens is 602 g/mol. The Labute approximate surface area is 196 Å². The van der Waals surface area contributed by atoms with Gasteiger partial charge in [-0.05, 0) is 75.4 Å². The fourth-order valence-electron chi connectivity index (χ4n) is 4.01. The van der Waals surface area contributed by atoms with E-state index in [0.29, 0.717) is 34.8 Å². The van der Waals surface area contributed by atoms with Crippen LogP contribution in [0.15, 0.2) is 34.7 Å². The molecule has 0 spiro atoms. The van der Waals surface area contributed by atoms with Gasteiger partial charge in [-0.15, -0.1) is 0 Å². The van der Waals surface area contributed by atoms with Gasteiger partial charge in [-0.1, -0.05) is 43.7 Å². The van der Waals surface area contributed by atoms with Crippen molar-refractivity contribution in [2.45, 2.75) is 38.5 Å². The predicted molar refractivity (Wildman–Crippen MR) is 128 cm³/mol. The van der Waals surface area contributed by atoms with Gasteiger partial charge in [0.15, 0.2) is 5.78 Å². The lowest BCUT2D eigenvalue weighted by molar-refractivity contribution is 0.103. The lowest BCUT2D eigenvalue weighted by Crippen LogP contribution is -2.12. The van der Waals surface area contributed by atoms with Gasteiger partial charge in [0, 0.05) is 28.5 Å². The number of fused-ring (bicyclic) bond motifs is 1. The van der Waals surface area contributed by atoms with Gasteiger partial charge in [-0.2, -0.15) is 0 Å². The first-order valence-corrected chi connectivity index (χ1v) is 11.9. The van der Waals surface area contributed by atoms with Crippen LogP contribution in [0.25, 0.3) is 11.0 Å². The summed E-state index contributed by atoms with van der Waals surface area (Å²) in [4.78, 5) is 13.5. The van der Waals surface area contributed by atoms with Crippen molar-refractivity contribution in [2.75, 3.05) is 0 Å². The second-order valence-electron chi connectivity index (χ2n) is 7.37. The zero-order valence-electron chi connectivity index (χ0n) is 15.1. The summed E-state index contributed by atoms with van der Waals surface area (Å²) in [5.41, 5.74) is 1.86. The molecule has 1 saturated carbocycles. The zero-order chi connectivity index (χ0) is 19.8. The maximum absolute atomic E-state index is 13.5. The van der Waals surface area contributed by atoms with E-state index in [4.69, 9.17) is 16.0 Å². The highest BCUT2D eigenvalue weighted by molar-refractivity contribution is 14.1. The number of benzene rings is 2. The molecule has 0 aliphatic heterocycles. The summed E-state index contributed by atoms with van der Waals surface area (Å²) in [6, 6.07) is 8.92. The van der Waals surface area contributed by atoms with E-state index in [1.807, 2.05) is 6.07 Å². The number of aromatic hydroxyl groups is 1. The van der Waals surface area contributed by atoms with Crippen LogP contribution in [0.4, 0.5) is 0 Å². The number of ketones is 1. The van der Waals surface area contributed by atoms with Crippen molar-refractivity contribution < 1.29 is 14.3 Å². The summed E-state index contributed by atoms with van der Waals surface area (Å²) < 4.78 is 7.48. The summed E-state index contributed by atoms with van der Waals surface area (Å²) in [6.07, 6.45) is 6.92. The Morgan fingerprint density at radius 1 is 1.11 bits per heavy atom. The van der Waals surface area contributed by atoms with Gasteiger partial charge in [-0.3, -0.25) is 4.79 Å². The van der Waals surface area contributed by atoms with Gasteiger partial charge in [0.25, 0.3) is 0 Å². The molecule has 1 aliphatic rings. The minimum Gasteiger partial charge on any atom is -0.506 e. The quantitative estimate of drug-likeness (QED) is 0.245. The van der Waals surface area contributed by atoms with Crippen molar-refractivity contribution in [2.24, 2.45) is 5.92 Å². The predicted octanol–water partition coefficient (Wildman–Crippen LogP) is 7.35. The summed E-state index contributed by atoms with van der Waals surface area (Å²) in [6.45, 7) is 0. The number of carbonyl (C=O) groups is 1. The molecule has 1 aliphatic carbocycles. The largest absolute Gasteiger partial charge is 0.506 e. The number of phenols is 1. The Hall–Kier alpha value is -0.800. The summed E-state index contributed by atoms with van der Waals surface area (Å²) in [5, 5.41) is 11.5. The van der Waals surface area contributed by atoms with Gasteiger partial charge < -0.3 is 9.52 Å². The van der Waals surface area contributed by atoms with Crippen molar-refractivity contribution in [3.05, 3.63) is 59.4 Å². The molecule has 3 aromatic rings. The molecule has 0 unspecified atom stereocenters. The van der Waals surface area contributed by atoms with E-state index in [0.717, 1.165) is 17.6 Å². The average molecular weight is 621 g/mol. The van der Waals surface area contributed by atoms with Crippen LogP contribution in [0.3, 0.4) is 0 Å². The monoisotopic (exact) mass is 620 g/mol. The van der Waals surface area contributed by atoms with Crippen LogP contribution in [0.1, 0.15) is 53.8 Å². The molecule has 0 atom stereocenters. The van der Waals surface area contributed by atoms with E-state index >= 15 is 0 Å². The minimum absolute atomic E-state index is 0.0669. The highest BCUT2D eigenvalue weighted by Gasteiger charge is 2.26. The number of furan rings is 1. The lowest BCUT2D eigenvalue weighted by Gasteiger charge is -2.20. The molecule has 1 fully saturated rings. The number of hydrogen-bond donors (Lipinski definition) is 1. The van der Waals surface area contributed by atoms with Crippen LogP contribution in [0, 0.1) is 13.1 Å². The molecule has 0 bridgehead atoms. The smallest absolute Gasteiger partial charge is 0.197 e. The van der Waals surface area contributed by atoms with Crippen molar-refractivity contribution in [3.8, 4) is 5.75 Å². The van der Waals surface area contributed by atoms with Gasteiger partial charge in [-0.25, -0.2) is 0 Å². The Morgan fingerprint density at radius 2 is 1.79 bits per heavy atom. The zero-order valence-corrected chi connectivity index (χ0v) is 20.2. The number of halogens is 3. The third-order valence-corrected chi connectivity index (χ3v) is 7.31. The highest BCUT2D eigenvalue weighted by atomic mass is 127. The minimum atomic E-state index is -0.0669. The fraction of sp³-hybridized carbons (Fsp3) is 0.318. The van der Waals surface area contributed by atoms with E-state index in [1.54, 1.807) is 24.3 Å². The molecule has 3 nitrogen and oxygen atoms in total. The number of carbonyl (C=O) groups excluding carboxylic acids is 1. The maximum Gasteiger partial charge on any atom is 0.197 e. The van der Waals surface area contributed by atoms with Crippen molar-refractivity contribution in [1.29, 1.82) is 0 Å². The SMILES string of the molecule is O=C(c1cc(I)c(O)c(I)c1)c1c(CC2CCCCC2)oc2cc(Cl)ccc12. The topological polar surface area (TPSA) is 50.4 Å². The average Bonchev–Trinajstić information content (AvgIpc) is 3.02. The van der Waals surface area contributed by atoms with E-state index in [-0.39, 0.29) is 11.5 Å². The number of rotatable bonds is 4. The van der Waals surface area contributed by atoms with E-state index in [2.05, 4.69) is 45.2 Å². The normalized spacial score (nSPS) is 15.2. The Morgan fingerprint density at radius 3 is 2.46 bits per heavy atom. The first kappa shape index (κ1) is 20.5. The third-order valence-electron chi connectivity index (χ3n) is 5.43. The molecule has 1 heterocycles. The molecular formula is C22H19ClI2O3. The molecule has 0 amide bonds. The lowest BCUT2D eigenvalue weighted by atomic mass is 9.85. The van der Waals surface area contributed by atoms with Gasteiger partial charge in [0.05, 0.1) is 12.7 Å². The van der Waals surface area contributed by atoms with E-state index < -0.39 is 0 Å². The second-order valence-corrected chi connectivity index (χ2v) is 10.1. The van der Waals surface area contributed by atoms with Gasteiger partial charge in [0.2, 0.25) is 0 Å². The van der Waals surface area contributed by atoms with Crippen LogP contribution in [0.5, 0.6) is 5.75 Å².